The molecule has 1 aliphatic carbocycles. The van der Waals surface area contributed by atoms with Crippen molar-refractivity contribution in [3.63, 3.8) is 0 Å². The quantitative estimate of drug-likeness (QED) is 0.220. The molecular formula is C9H17N5O. The molecule has 0 aromatic rings. The van der Waals surface area contributed by atoms with E-state index in [1.807, 2.05) is 4.90 Å². The van der Waals surface area contributed by atoms with Gasteiger partial charge >= 0.3 is 0 Å². The molecule has 0 unspecified atom stereocenters. The first-order chi connectivity index (χ1) is 7.29. The smallest absolute Gasteiger partial charge is 0.221 e. The highest BCUT2D eigenvalue weighted by atomic mass is 16.1. The first-order valence-corrected chi connectivity index (χ1v) is 5.35. The van der Waals surface area contributed by atoms with Gasteiger partial charge in [-0.15, -0.1) is 0 Å². The van der Waals surface area contributed by atoms with E-state index in [1.54, 1.807) is 0 Å². The van der Waals surface area contributed by atoms with Crippen molar-refractivity contribution in [2.45, 2.75) is 25.3 Å². The maximum absolute atomic E-state index is 11.1. The molecule has 2 rings (SSSR count). The first kappa shape index (κ1) is 10.2. The molecule has 15 heavy (non-hydrogen) atoms. The summed E-state index contributed by atoms with van der Waals surface area (Å²) in [6.07, 6.45) is 2.80. The standard InChI is InChI=1S/C9H17N5O/c10-13-9(12-7-1-2-7)14-5-3-8(15)11-4-6-14/h7H,1-6,10H2,(H,11,15)(H,12,13). The average Bonchev–Trinajstić information content (AvgIpc) is 3.03. The van der Waals surface area contributed by atoms with E-state index < -0.39 is 0 Å². The maximum atomic E-state index is 11.1. The number of amides is 1. The third-order valence-corrected chi connectivity index (χ3v) is 2.59. The van der Waals surface area contributed by atoms with Gasteiger partial charge < -0.3 is 10.2 Å². The van der Waals surface area contributed by atoms with Crippen molar-refractivity contribution in [2.24, 2.45) is 10.8 Å². The van der Waals surface area contributed by atoms with Gasteiger partial charge in [-0.2, -0.15) is 0 Å². The SMILES string of the molecule is NNC(=NC1CC1)N1CCNC(=O)CC1. The Balaban J connectivity index is 1.97. The predicted octanol–water partition coefficient (Wildman–Crippen LogP) is -1.21. The van der Waals surface area contributed by atoms with Crippen LogP contribution in [0.4, 0.5) is 0 Å². The second kappa shape index (κ2) is 4.48. The summed E-state index contributed by atoms with van der Waals surface area (Å²) in [7, 11) is 0. The lowest BCUT2D eigenvalue weighted by Gasteiger charge is -2.22. The van der Waals surface area contributed by atoms with Gasteiger partial charge in [0.05, 0.1) is 6.04 Å². The molecule has 2 fully saturated rings. The van der Waals surface area contributed by atoms with E-state index in [1.165, 1.54) is 0 Å². The van der Waals surface area contributed by atoms with E-state index in [0.29, 0.717) is 31.5 Å². The fraction of sp³-hybridized carbons (Fsp3) is 0.778. The summed E-state index contributed by atoms with van der Waals surface area (Å²) in [5, 5.41) is 2.82. The van der Waals surface area contributed by atoms with Crippen LogP contribution in [-0.4, -0.2) is 42.4 Å². The highest BCUT2D eigenvalue weighted by molar-refractivity contribution is 5.82. The van der Waals surface area contributed by atoms with Gasteiger partial charge in [0.1, 0.15) is 0 Å². The van der Waals surface area contributed by atoms with Crippen LogP contribution in [0.5, 0.6) is 0 Å². The van der Waals surface area contributed by atoms with Crippen molar-refractivity contribution in [1.82, 2.24) is 15.6 Å². The van der Waals surface area contributed by atoms with Crippen molar-refractivity contribution >= 4 is 11.9 Å². The lowest BCUT2D eigenvalue weighted by atomic mass is 10.4. The Morgan fingerprint density at radius 2 is 2.33 bits per heavy atom. The topological polar surface area (TPSA) is 82.8 Å². The number of nitrogens with zero attached hydrogens (tertiary/aromatic N) is 2. The number of nitrogens with one attached hydrogen (secondary N) is 2. The number of aliphatic imine (C=N–C) groups is 1. The van der Waals surface area contributed by atoms with Crippen LogP contribution in [-0.2, 0) is 4.79 Å². The predicted molar refractivity (Wildman–Crippen MR) is 57.0 cm³/mol. The fourth-order valence-electron chi connectivity index (χ4n) is 1.57. The zero-order valence-corrected chi connectivity index (χ0v) is 8.70. The number of nitrogens with two attached hydrogens (primary N) is 1. The number of rotatable bonds is 1. The van der Waals surface area contributed by atoms with Crippen LogP contribution in [0.25, 0.3) is 0 Å². The number of carbonyl (C=O) groups excluding carboxylic acids is 1. The summed E-state index contributed by atoms with van der Waals surface area (Å²) < 4.78 is 0. The Bertz CT molecular complexity index is 274. The summed E-state index contributed by atoms with van der Waals surface area (Å²) >= 11 is 0. The summed E-state index contributed by atoms with van der Waals surface area (Å²) in [4.78, 5) is 17.6. The molecule has 6 heteroatoms. The van der Waals surface area contributed by atoms with Crippen molar-refractivity contribution < 1.29 is 4.79 Å². The Hall–Kier alpha value is -1.30. The van der Waals surface area contributed by atoms with Crippen LogP contribution in [0.15, 0.2) is 4.99 Å². The van der Waals surface area contributed by atoms with Gasteiger partial charge in [-0.05, 0) is 12.8 Å². The van der Waals surface area contributed by atoms with Crippen molar-refractivity contribution in [3.05, 3.63) is 0 Å². The average molecular weight is 211 g/mol. The van der Waals surface area contributed by atoms with Crippen molar-refractivity contribution in [3.8, 4) is 0 Å². The molecule has 84 valence electrons. The van der Waals surface area contributed by atoms with Gasteiger partial charge in [0.15, 0.2) is 0 Å². The molecule has 0 aromatic heterocycles. The summed E-state index contributed by atoms with van der Waals surface area (Å²) in [6, 6.07) is 0.433. The van der Waals surface area contributed by atoms with E-state index >= 15 is 0 Å². The second-order valence-corrected chi connectivity index (χ2v) is 3.92. The molecule has 0 aromatic carbocycles. The third-order valence-electron chi connectivity index (χ3n) is 2.59. The zero-order chi connectivity index (χ0) is 10.7. The molecule has 1 heterocycles. The van der Waals surface area contributed by atoms with Crippen molar-refractivity contribution in [2.75, 3.05) is 19.6 Å². The van der Waals surface area contributed by atoms with E-state index in [-0.39, 0.29) is 5.91 Å². The monoisotopic (exact) mass is 211 g/mol. The molecule has 0 bridgehead atoms. The zero-order valence-electron chi connectivity index (χ0n) is 8.70. The Morgan fingerprint density at radius 1 is 1.53 bits per heavy atom. The van der Waals surface area contributed by atoms with Gasteiger partial charge in [-0.1, -0.05) is 0 Å². The Morgan fingerprint density at radius 3 is 3.00 bits per heavy atom. The number of guanidine groups is 1. The largest absolute Gasteiger partial charge is 0.354 e. The molecule has 1 aliphatic heterocycles. The van der Waals surface area contributed by atoms with Crippen LogP contribution in [0.3, 0.4) is 0 Å². The Labute approximate surface area is 88.9 Å². The molecule has 2 aliphatic rings. The molecule has 0 spiro atoms. The van der Waals surface area contributed by atoms with E-state index in [0.717, 1.165) is 19.4 Å². The van der Waals surface area contributed by atoms with Gasteiger partial charge in [-0.3, -0.25) is 10.2 Å². The van der Waals surface area contributed by atoms with Crippen LogP contribution in [0.1, 0.15) is 19.3 Å². The molecule has 0 atom stereocenters. The van der Waals surface area contributed by atoms with Gasteiger partial charge in [0, 0.05) is 26.1 Å². The molecular weight excluding hydrogens is 194 g/mol. The Kier molecular flexibility index (Phi) is 3.05. The highest BCUT2D eigenvalue weighted by Gasteiger charge is 2.23. The van der Waals surface area contributed by atoms with Gasteiger partial charge in [0.2, 0.25) is 11.9 Å². The summed E-state index contributed by atoms with van der Waals surface area (Å²) in [6.45, 7) is 2.10. The normalized spacial score (nSPS) is 23.4. The van der Waals surface area contributed by atoms with Crippen LogP contribution < -0.4 is 16.6 Å². The van der Waals surface area contributed by atoms with E-state index in [4.69, 9.17) is 5.84 Å². The van der Waals surface area contributed by atoms with E-state index in [9.17, 15) is 4.79 Å². The summed E-state index contributed by atoms with van der Waals surface area (Å²) in [5.41, 5.74) is 2.62. The minimum absolute atomic E-state index is 0.0975. The molecule has 0 radical (unpaired) electrons. The number of hydrogen-bond donors (Lipinski definition) is 3. The lowest BCUT2D eigenvalue weighted by Crippen LogP contribution is -2.46. The number of carbonyl (C=O) groups is 1. The summed E-state index contributed by atoms with van der Waals surface area (Å²) in [5.74, 6) is 6.25. The molecule has 1 saturated carbocycles. The number of hydrogen-bond acceptors (Lipinski definition) is 3. The highest BCUT2D eigenvalue weighted by Crippen LogP contribution is 2.23. The maximum Gasteiger partial charge on any atom is 0.221 e. The number of hydrazine groups is 1. The van der Waals surface area contributed by atoms with Crippen LogP contribution in [0, 0.1) is 0 Å². The van der Waals surface area contributed by atoms with Gasteiger partial charge in [-0.25, -0.2) is 10.8 Å². The second-order valence-electron chi connectivity index (χ2n) is 3.92. The first-order valence-electron chi connectivity index (χ1n) is 5.35. The minimum Gasteiger partial charge on any atom is -0.354 e. The lowest BCUT2D eigenvalue weighted by molar-refractivity contribution is -0.120. The van der Waals surface area contributed by atoms with E-state index in [2.05, 4.69) is 15.7 Å². The molecule has 4 N–H and O–H groups in total. The van der Waals surface area contributed by atoms with Gasteiger partial charge in [0.25, 0.3) is 0 Å². The fourth-order valence-corrected chi connectivity index (χ4v) is 1.57. The van der Waals surface area contributed by atoms with Crippen molar-refractivity contribution in [1.29, 1.82) is 0 Å². The molecule has 1 amide bonds. The van der Waals surface area contributed by atoms with Crippen LogP contribution in [0.2, 0.25) is 0 Å². The minimum atomic E-state index is 0.0975. The van der Waals surface area contributed by atoms with Crippen LogP contribution >= 0.6 is 0 Å². The molecule has 1 saturated heterocycles. The third kappa shape index (κ3) is 2.82. The molecule has 6 nitrogen and oxygen atoms in total.